The molecule has 0 bridgehead atoms. The third-order valence-corrected chi connectivity index (χ3v) is 6.28. The first kappa shape index (κ1) is 22.2. The quantitative estimate of drug-likeness (QED) is 0.357. The number of pyridine rings is 2. The molecule has 1 unspecified atom stereocenters. The van der Waals surface area contributed by atoms with Crippen LogP contribution in [0.5, 0.6) is 5.75 Å². The highest BCUT2D eigenvalue weighted by molar-refractivity contribution is 7.27. The van der Waals surface area contributed by atoms with Crippen LogP contribution in [0.15, 0.2) is 53.5 Å². The summed E-state index contributed by atoms with van der Waals surface area (Å²) >= 11 is 0. The van der Waals surface area contributed by atoms with E-state index in [1.807, 2.05) is 6.07 Å². The van der Waals surface area contributed by atoms with Crippen molar-refractivity contribution in [3.63, 3.8) is 0 Å². The first-order chi connectivity index (χ1) is 17.5. The van der Waals surface area contributed by atoms with Gasteiger partial charge in [0, 0.05) is 36.4 Å². The fraction of sp³-hybridized carbons (Fsp3) is 0.182. The summed E-state index contributed by atoms with van der Waals surface area (Å²) in [5.41, 5.74) is 2.62. The second kappa shape index (κ2) is 8.76. The maximum atomic E-state index is 13.6. The molecule has 2 atom stereocenters. The molecule has 0 fully saturated rings. The molecule has 5 aromatic heterocycles. The van der Waals surface area contributed by atoms with Crippen molar-refractivity contribution >= 4 is 26.0 Å². The number of hydrogen-bond acceptors (Lipinski definition) is 8. The number of amides is 1. The summed E-state index contributed by atoms with van der Waals surface area (Å²) in [7, 11) is 2.53. The Bertz CT molecular complexity index is 1580. The number of alkyl halides is 2. The van der Waals surface area contributed by atoms with Crippen molar-refractivity contribution in [3.8, 4) is 17.3 Å². The van der Waals surface area contributed by atoms with Crippen molar-refractivity contribution in [2.75, 3.05) is 6.54 Å². The van der Waals surface area contributed by atoms with Gasteiger partial charge in [0.15, 0.2) is 5.75 Å². The van der Waals surface area contributed by atoms with Crippen LogP contribution >= 0.6 is 9.24 Å². The first-order valence-electron chi connectivity index (χ1n) is 10.8. The molecule has 1 amide bonds. The summed E-state index contributed by atoms with van der Waals surface area (Å²) in [5.74, 6) is -0.656. The smallest absolute Gasteiger partial charge is 0.387 e. The predicted octanol–water partition coefficient (Wildman–Crippen LogP) is 2.39. The molecule has 1 aliphatic rings. The van der Waals surface area contributed by atoms with E-state index in [2.05, 4.69) is 44.2 Å². The molecule has 1 N–H and O–H groups in total. The van der Waals surface area contributed by atoms with Crippen LogP contribution in [0, 0.1) is 0 Å². The summed E-state index contributed by atoms with van der Waals surface area (Å²) < 4.78 is 37.6. The number of carbonyl (C=O) groups is 1. The summed E-state index contributed by atoms with van der Waals surface area (Å²) in [6.45, 7) is -2.68. The van der Waals surface area contributed by atoms with E-state index in [4.69, 9.17) is 4.42 Å². The lowest BCUT2D eigenvalue weighted by atomic mass is 9.99. The minimum atomic E-state index is -2.99. The summed E-state index contributed by atoms with van der Waals surface area (Å²) in [6, 6.07) is 7.42. The average molecular weight is 510 g/mol. The molecule has 0 aromatic carbocycles. The van der Waals surface area contributed by atoms with Crippen LogP contribution in [-0.4, -0.2) is 58.7 Å². The molecule has 36 heavy (non-hydrogen) atoms. The Morgan fingerprint density at radius 3 is 2.97 bits per heavy atom. The number of nitrogens with one attached hydrogen (secondary N) is 1. The highest BCUT2D eigenvalue weighted by Gasteiger charge is 2.38. The van der Waals surface area contributed by atoms with Crippen molar-refractivity contribution in [2.45, 2.75) is 19.1 Å². The maximum Gasteiger partial charge on any atom is 0.387 e. The summed E-state index contributed by atoms with van der Waals surface area (Å²) in [6.07, 6.45) is 5.25. The number of aromatic amines is 1. The van der Waals surface area contributed by atoms with Crippen molar-refractivity contribution < 1.29 is 22.7 Å². The zero-order chi connectivity index (χ0) is 24.8. The summed E-state index contributed by atoms with van der Waals surface area (Å²) in [5, 5.41) is 13.2. The van der Waals surface area contributed by atoms with Gasteiger partial charge >= 0.3 is 18.4 Å². The fourth-order valence-electron chi connectivity index (χ4n) is 4.26. The molecule has 11 nitrogen and oxygen atoms in total. The molecule has 0 radical (unpaired) electrons. The minimum Gasteiger partial charge on any atom is -0.433 e. The Labute approximate surface area is 203 Å². The number of nitrogens with zero attached hydrogens (tertiary/aromatic N) is 7. The number of hydrogen-bond donors (Lipinski definition) is 1. The number of fused-ring (bicyclic) bond motifs is 2. The van der Waals surface area contributed by atoms with Gasteiger partial charge < -0.3 is 19.0 Å². The Kier molecular flexibility index (Phi) is 5.41. The van der Waals surface area contributed by atoms with Crippen LogP contribution in [0.1, 0.15) is 33.8 Å². The van der Waals surface area contributed by atoms with Gasteiger partial charge in [-0.1, -0.05) is 6.07 Å². The van der Waals surface area contributed by atoms with Gasteiger partial charge in [-0.15, -0.1) is 19.4 Å². The number of imidazole rings is 1. The van der Waals surface area contributed by atoms with Gasteiger partial charge in [0.05, 0.1) is 17.7 Å². The Morgan fingerprint density at radius 1 is 1.25 bits per heavy atom. The number of aromatic nitrogens is 7. The van der Waals surface area contributed by atoms with E-state index in [1.165, 1.54) is 15.5 Å². The molecule has 182 valence electrons. The third-order valence-electron chi connectivity index (χ3n) is 5.81. The molecular weight excluding hydrogens is 493 g/mol. The van der Waals surface area contributed by atoms with E-state index in [9.17, 15) is 13.6 Å². The van der Waals surface area contributed by atoms with E-state index >= 15 is 0 Å². The molecule has 0 saturated carbocycles. The van der Waals surface area contributed by atoms with Gasteiger partial charge in [0.2, 0.25) is 0 Å². The van der Waals surface area contributed by atoms with Gasteiger partial charge in [0.25, 0.3) is 5.89 Å². The highest BCUT2D eigenvalue weighted by Crippen LogP contribution is 2.35. The van der Waals surface area contributed by atoms with Gasteiger partial charge in [-0.2, -0.15) is 13.9 Å². The summed E-state index contributed by atoms with van der Waals surface area (Å²) in [4.78, 5) is 26.8. The van der Waals surface area contributed by atoms with Crippen molar-refractivity contribution in [1.82, 2.24) is 39.7 Å². The van der Waals surface area contributed by atoms with E-state index in [0.717, 1.165) is 11.0 Å². The van der Waals surface area contributed by atoms with E-state index < -0.39 is 18.6 Å². The van der Waals surface area contributed by atoms with Gasteiger partial charge in [0.1, 0.15) is 17.3 Å². The Balaban J connectivity index is 1.40. The Hall–Kier alpha value is -4.25. The zero-order valence-corrected chi connectivity index (χ0v) is 19.5. The minimum absolute atomic E-state index is 0.0349. The predicted molar refractivity (Wildman–Crippen MR) is 124 cm³/mol. The number of rotatable bonds is 5. The van der Waals surface area contributed by atoms with Crippen LogP contribution in [0.25, 0.3) is 17.1 Å². The molecule has 0 spiro atoms. The monoisotopic (exact) mass is 510 g/mol. The number of halogens is 2. The molecular formula is C22H17F2N8O3P. The molecule has 6 heterocycles. The van der Waals surface area contributed by atoms with Gasteiger partial charge in [-0.25, -0.2) is 9.50 Å². The molecule has 14 heteroatoms. The van der Waals surface area contributed by atoms with Crippen LogP contribution < -0.4 is 10.0 Å². The third kappa shape index (κ3) is 3.77. The normalized spacial score (nSPS) is 15.4. The lowest BCUT2D eigenvalue weighted by molar-refractivity contribution is -0.0490. The van der Waals surface area contributed by atoms with Crippen molar-refractivity contribution in [2.24, 2.45) is 0 Å². The average Bonchev–Trinajstić information content (AvgIpc) is 3.62. The Morgan fingerprint density at radius 2 is 2.14 bits per heavy atom. The van der Waals surface area contributed by atoms with Crippen LogP contribution in [0.2, 0.25) is 0 Å². The zero-order valence-electron chi connectivity index (χ0n) is 18.4. The SMILES string of the molecule is O=C(c1nnc(-c2ncccc2P)o1)N1CCc2[nH]cnc2[C@@H]1c1cc2c(OC(F)F)cccn2n1. The van der Waals surface area contributed by atoms with E-state index in [-0.39, 0.29) is 17.5 Å². The number of ether oxygens (including phenoxy) is 1. The van der Waals surface area contributed by atoms with E-state index in [1.54, 1.807) is 36.9 Å². The van der Waals surface area contributed by atoms with Crippen LogP contribution in [0.4, 0.5) is 8.78 Å². The van der Waals surface area contributed by atoms with E-state index in [0.29, 0.717) is 35.6 Å². The molecule has 0 aliphatic carbocycles. The topological polar surface area (TPSA) is 127 Å². The van der Waals surface area contributed by atoms with Crippen molar-refractivity contribution in [1.29, 1.82) is 0 Å². The highest BCUT2D eigenvalue weighted by atomic mass is 31.0. The second-order valence-electron chi connectivity index (χ2n) is 7.92. The number of carbonyl (C=O) groups excluding carboxylic acids is 1. The second-order valence-corrected chi connectivity index (χ2v) is 8.54. The fourth-order valence-corrected chi connectivity index (χ4v) is 4.57. The molecule has 6 rings (SSSR count). The van der Waals surface area contributed by atoms with Crippen LogP contribution in [-0.2, 0) is 6.42 Å². The lowest BCUT2D eigenvalue weighted by Gasteiger charge is -2.32. The van der Waals surface area contributed by atoms with Gasteiger partial charge in [-0.05, 0) is 24.3 Å². The maximum absolute atomic E-state index is 13.6. The largest absolute Gasteiger partial charge is 0.433 e. The first-order valence-corrected chi connectivity index (χ1v) is 11.4. The molecule has 0 saturated heterocycles. The van der Waals surface area contributed by atoms with Crippen LogP contribution in [0.3, 0.4) is 0 Å². The lowest BCUT2D eigenvalue weighted by Crippen LogP contribution is -2.41. The molecule has 1 aliphatic heterocycles. The molecule has 5 aromatic rings. The number of H-pyrrole nitrogens is 1. The van der Waals surface area contributed by atoms with Gasteiger partial charge in [-0.3, -0.25) is 9.78 Å². The van der Waals surface area contributed by atoms with Crippen molar-refractivity contribution in [3.05, 3.63) is 72.0 Å². The standard InChI is InChI=1S/C22H17F2N8O3P/c23-22(24)34-14-3-2-7-32-13(14)9-12(30-32)18-16-11(26-10-27-16)5-8-31(18)21(33)20-29-28-19(35-20)17-15(36)4-1-6-25-17/h1-4,6-7,9-10,18,22H,5,8,36H2,(H,26,27)/t18-/m0/s1.